The minimum Gasteiger partial charge on any atom is -0.489 e. The second kappa shape index (κ2) is 10.8. The van der Waals surface area contributed by atoms with E-state index in [1.807, 2.05) is 11.8 Å². The van der Waals surface area contributed by atoms with Gasteiger partial charge in [0.05, 0.1) is 17.3 Å². The number of hydrogen-bond donors (Lipinski definition) is 3. The summed E-state index contributed by atoms with van der Waals surface area (Å²) < 4.78 is 53.2. The monoisotopic (exact) mass is 479 g/mol. The first-order valence-electron chi connectivity index (χ1n) is 10.2. The molecule has 1 fully saturated rings. The number of fused-ring (bicyclic) bond motifs is 1. The zero-order valence-corrected chi connectivity index (χ0v) is 18.8. The van der Waals surface area contributed by atoms with Crippen LogP contribution in [0.5, 0.6) is 5.75 Å². The van der Waals surface area contributed by atoms with Crippen LogP contribution in [0.4, 0.5) is 10.4 Å². The molecule has 1 unspecified atom stereocenters. The Morgan fingerprint density at radius 2 is 2.06 bits per heavy atom. The summed E-state index contributed by atoms with van der Waals surface area (Å²) in [6.45, 7) is 3.30. The third-order valence-electron chi connectivity index (χ3n) is 4.94. The molecule has 0 amide bonds. The molecule has 1 aromatic heterocycles. The van der Waals surface area contributed by atoms with Crippen molar-refractivity contribution in [2.45, 2.75) is 24.3 Å². The molecule has 2 heterocycles. The average molecular weight is 480 g/mol. The van der Waals surface area contributed by atoms with Crippen molar-refractivity contribution in [3.8, 4) is 5.75 Å². The molecule has 0 saturated carbocycles. The molecular formula is C22H26FN3O6S. The Kier molecular flexibility index (Phi) is 8.03. The van der Waals surface area contributed by atoms with E-state index >= 15 is 0 Å². The van der Waals surface area contributed by atoms with Crippen LogP contribution in [-0.4, -0.2) is 55.4 Å². The van der Waals surface area contributed by atoms with E-state index in [-0.39, 0.29) is 24.2 Å². The van der Waals surface area contributed by atoms with E-state index in [4.69, 9.17) is 19.4 Å². The predicted octanol–water partition coefficient (Wildman–Crippen LogP) is 2.83. The van der Waals surface area contributed by atoms with E-state index in [0.29, 0.717) is 47.7 Å². The van der Waals surface area contributed by atoms with E-state index in [0.717, 1.165) is 12.1 Å². The molecule has 33 heavy (non-hydrogen) atoms. The van der Waals surface area contributed by atoms with Crippen molar-refractivity contribution < 1.29 is 31.6 Å². The maximum atomic E-state index is 12.4. The Morgan fingerprint density at radius 3 is 2.64 bits per heavy atom. The molecule has 1 atom stereocenters. The van der Waals surface area contributed by atoms with E-state index in [1.54, 1.807) is 30.3 Å². The fourth-order valence-electron chi connectivity index (χ4n) is 3.05. The van der Waals surface area contributed by atoms with Crippen LogP contribution in [0.25, 0.3) is 11.1 Å². The predicted molar refractivity (Wildman–Crippen MR) is 122 cm³/mol. The summed E-state index contributed by atoms with van der Waals surface area (Å²) in [5.41, 5.74) is 8.02. The van der Waals surface area contributed by atoms with Crippen molar-refractivity contribution in [2.75, 3.05) is 31.1 Å². The molecule has 0 bridgehead atoms. The molecule has 3 aromatic rings. The molecule has 1 aliphatic rings. The number of hydrogen-bond acceptors (Lipinski definition) is 8. The van der Waals surface area contributed by atoms with Crippen LogP contribution in [0.2, 0.25) is 0 Å². The Bertz CT molecular complexity index is 1210. The van der Waals surface area contributed by atoms with Crippen molar-refractivity contribution in [3.63, 3.8) is 0 Å². The van der Waals surface area contributed by atoms with Gasteiger partial charge in [0, 0.05) is 31.3 Å². The van der Waals surface area contributed by atoms with Crippen molar-refractivity contribution >= 4 is 27.2 Å². The minimum atomic E-state index is -4.02. The summed E-state index contributed by atoms with van der Waals surface area (Å²) >= 11 is 0. The summed E-state index contributed by atoms with van der Waals surface area (Å²) in [6, 6.07) is 11.7. The normalized spacial score (nSPS) is 16.6. The van der Waals surface area contributed by atoms with Crippen LogP contribution < -0.4 is 15.4 Å². The fourth-order valence-corrected chi connectivity index (χ4v) is 3.53. The molecule has 1 aliphatic heterocycles. The number of oxazole rings is 1. The van der Waals surface area contributed by atoms with Crippen molar-refractivity contribution in [3.05, 3.63) is 59.9 Å². The lowest BCUT2D eigenvalue weighted by molar-refractivity contribution is 0.198. The standard InChI is InChI=1S/C15H18FN3O3.C7H8O3S/c16-6-10(7-17)9-21-12-1-2-13-14(5-12)22-15(18-13)19-4-3-11(20)8-19;1-6-2-4-7(5-3-6)11(8,9)10/h1-2,5-6,11,20H,3-4,7-9,17H2;2-5H,1H3,(H,8,9,10)/b10-6-;. The van der Waals surface area contributed by atoms with Gasteiger partial charge in [0.2, 0.25) is 0 Å². The Balaban J connectivity index is 0.000000235. The Labute approximate surface area is 191 Å². The highest BCUT2D eigenvalue weighted by Gasteiger charge is 2.24. The number of ether oxygens (including phenoxy) is 1. The van der Waals surface area contributed by atoms with E-state index in [2.05, 4.69) is 4.98 Å². The van der Waals surface area contributed by atoms with Crippen LogP contribution in [0.1, 0.15) is 12.0 Å². The van der Waals surface area contributed by atoms with Crippen molar-refractivity contribution in [1.82, 2.24) is 4.98 Å². The molecule has 9 nitrogen and oxygen atoms in total. The van der Waals surface area contributed by atoms with Gasteiger partial charge in [0.15, 0.2) is 5.58 Å². The summed E-state index contributed by atoms with van der Waals surface area (Å²) in [4.78, 5) is 6.24. The van der Waals surface area contributed by atoms with E-state index < -0.39 is 10.1 Å². The average Bonchev–Trinajstić information content (AvgIpc) is 3.40. The second-order valence-corrected chi connectivity index (χ2v) is 8.98. The summed E-state index contributed by atoms with van der Waals surface area (Å²) in [7, 11) is -4.02. The smallest absolute Gasteiger partial charge is 0.298 e. The van der Waals surface area contributed by atoms with Crippen molar-refractivity contribution in [2.24, 2.45) is 5.73 Å². The molecule has 2 aromatic carbocycles. The summed E-state index contributed by atoms with van der Waals surface area (Å²) in [5.74, 6) is 0.560. The summed E-state index contributed by atoms with van der Waals surface area (Å²) in [5, 5.41) is 9.57. The maximum Gasteiger partial charge on any atom is 0.298 e. The van der Waals surface area contributed by atoms with Crippen LogP contribution >= 0.6 is 0 Å². The van der Waals surface area contributed by atoms with Gasteiger partial charge in [-0.05, 0) is 37.6 Å². The number of nitrogens with zero attached hydrogens (tertiary/aromatic N) is 2. The molecule has 4 N–H and O–H groups in total. The third kappa shape index (κ3) is 6.75. The van der Waals surface area contributed by atoms with Crippen LogP contribution in [0, 0.1) is 6.92 Å². The number of aryl methyl sites for hydroxylation is 1. The van der Waals surface area contributed by atoms with E-state index in [1.165, 1.54) is 12.1 Å². The first-order valence-corrected chi connectivity index (χ1v) is 11.6. The summed E-state index contributed by atoms with van der Waals surface area (Å²) in [6.07, 6.45) is 0.838. The SMILES string of the molecule is Cc1ccc(S(=O)(=O)O)cc1.NC/C(=C/F)COc1ccc2nc(N3CCC(O)C3)oc2c1. The number of anilines is 1. The number of aliphatic hydroxyl groups excluding tert-OH is 1. The first kappa shape index (κ1) is 24.6. The second-order valence-electron chi connectivity index (χ2n) is 7.56. The highest BCUT2D eigenvalue weighted by molar-refractivity contribution is 7.85. The largest absolute Gasteiger partial charge is 0.489 e. The van der Waals surface area contributed by atoms with Gasteiger partial charge >= 0.3 is 0 Å². The number of β-amino-alcohol motifs (C(OH)–C–C–N with tert-alkyl or cyclic N) is 1. The van der Waals surface area contributed by atoms with Gasteiger partial charge in [0.25, 0.3) is 16.1 Å². The first-order chi connectivity index (χ1) is 15.7. The number of rotatable bonds is 6. The van der Waals surface area contributed by atoms with Gasteiger partial charge in [-0.2, -0.15) is 13.4 Å². The molecular weight excluding hydrogens is 453 g/mol. The number of halogens is 1. The Hall–Kier alpha value is -2.99. The van der Waals surface area contributed by atoms with Gasteiger partial charge < -0.3 is 24.9 Å². The zero-order valence-electron chi connectivity index (χ0n) is 18.0. The lowest BCUT2D eigenvalue weighted by atomic mass is 10.2. The lowest BCUT2D eigenvalue weighted by Crippen LogP contribution is -2.21. The number of aliphatic hydroxyl groups is 1. The minimum absolute atomic E-state index is 0.0666. The molecule has 11 heteroatoms. The number of benzene rings is 2. The third-order valence-corrected chi connectivity index (χ3v) is 5.81. The molecule has 0 spiro atoms. The van der Waals surface area contributed by atoms with E-state index in [9.17, 15) is 17.9 Å². The molecule has 1 saturated heterocycles. The van der Waals surface area contributed by atoms with Crippen LogP contribution in [-0.2, 0) is 10.1 Å². The lowest BCUT2D eigenvalue weighted by Gasteiger charge is -2.10. The highest BCUT2D eigenvalue weighted by Crippen LogP contribution is 2.27. The molecule has 0 radical (unpaired) electrons. The quantitative estimate of drug-likeness (QED) is 0.455. The maximum absolute atomic E-state index is 12.4. The Morgan fingerprint density at radius 1 is 1.33 bits per heavy atom. The van der Waals surface area contributed by atoms with Gasteiger partial charge in [-0.3, -0.25) is 4.55 Å². The highest BCUT2D eigenvalue weighted by atomic mass is 32.2. The fraction of sp³-hybridized carbons (Fsp3) is 0.318. The van der Waals surface area contributed by atoms with Crippen LogP contribution in [0.3, 0.4) is 0 Å². The van der Waals surface area contributed by atoms with Gasteiger partial charge in [-0.1, -0.05) is 17.7 Å². The molecule has 178 valence electrons. The van der Waals surface area contributed by atoms with Gasteiger partial charge in [-0.25, -0.2) is 4.39 Å². The van der Waals surface area contributed by atoms with Gasteiger partial charge in [-0.15, -0.1) is 0 Å². The van der Waals surface area contributed by atoms with Gasteiger partial charge in [0.1, 0.15) is 17.9 Å². The zero-order chi connectivity index (χ0) is 24.0. The number of nitrogens with two attached hydrogens (primary N) is 1. The van der Waals surface area contributed by atoms with Crippen LogP contribution in [0.15, 0.2) is 63.7 Å². The number of aromatic nitrogens is 1. The topological polar surface area (TPSA) is 139 Å². The van der Waals surface area contributed by atoms with Crippen molar-refractivity contribution in [1.29, 1.82) is 0 Å². The molecule has 0 aliphatic carbocycles. The molecule has 4 rings (SSSR count).